The van der Waals surface area contributed by atoms with Crippen LogP contribution in [0.3, 0.4) is 0 Å². The Morgan fingerprint density at radius 1 is 1.40 bits per heavy atom. The van der Waals surface area contributed by atoms with Crippen LogP contribution in [-0.4, -0.2) is 17.3 Å². The van der Waals surface area contributed by atoms with Crippen LogP contribution in [-0.2, 0) is 0 Å². The molecule has 0 N–H and O–H groups in total. The van der Waals surface area contributed by atoms with Crippen LogP contribution in [0.2, 0.25) is 0 Å². The first-order valence-electron chi connectivity index (χ1n) is 5.74. The summed E-state index contributed by atoms with van der Waals surface area (Å²) in [6, 6.07) is 7.40. The number of nitro groups is 1. The average molecular weight is 340 g/mol. The summed E-state index contributed by atoms with van der Waals surface area (Å²) in [5, 5.41) is 10.6. The summed E-state index contributed by atoms with van der Waals surface area (Å²) >= 11 is 3.27. The van der Waals surface area contributed by atoms with Crippen molar-refractivity contribution in [3.05, 3.63) is 56.2 Å². The molecule has 1 heterocycles. The van der Waals surface area contributed by atoms with E-state index in [0.29, 0.717) is 16.8 Å². The zero-order valence-electron chi connectivity index (χ0n) is 10.5. The van der Waals surface area contributed by atoms with Crippen LogP contribution in [0, 0.1) is 10.1 Å². The average Bonchev–Trinajstić information content (AvgIpc) is 2.90. The number of carbonyl (C=O) groups excluding carboxylic acids is 1. The number of hydrogen-bond donors (Lipinski definition) is 0. The van der Waals surface area contributed by atoms with Gasteiger partial charge in [0.1, 0.15) is 10.7 Å². The van der Waals surface area contributed by atoms with Gasteiger partial charge >= 0.3 is 5.88 Å². The van der Waals surface area contributed by atoms with Gasteiger partial charge in [-0.05, 0) is 31.2 Å². The highest BCUT2D eigenvalue weighted by molar-refractivity contribution is 9.10. The molecule has 0 atom stereocenters. The highest BCUT2D eigenvalue weighted by atomic mass is 79.9. The van der Waals surface area contributed by atoms with E-state index >= 15 is 0 Å². The topological polar surface area (TPSA) is 82.6 Å². The summed E-state index contributed by atoms with van der Waals surface area (Å²) in [4.78, 5) is 22.2. The minimum absolute atomic E-state index is 0.101. The van der Waals surface area contributed by atoms with Crippen LogP contribution in [0.25, 0.3) is 0 Å². The molecule has 2 rings (SSSR count). The summed E-state index contributed by atoms with van der Waals surface area (Å²) in [5.41, 5.74) is 0.283. The fourth-order valence-electron chi connectivity index (χ4n) is 1.64. The first-order valence-corrected chi connectivity index (χ1v) is 6.53. The van der Waals surface area contributed by atoms with Crippen LogP contribution in [0.5, 0.6) is 5.75 Å². The van der Waals surface area contributed by atoms with Gasteiger partial charge in [0, 0.05) is 4.47 Å². The van der Waals surface area contributed by atoms with E-state index in [4.69, 9.17) is 9.15 Å². The molecule has 0 spiro atoms. The zero-order chi connectivity index (χ0) is 14.7. The Kier molecular flexibility index (Phi) is 4.19. The Labute approximate surface area is 122 Å². The molecule has 6 nitrogen and oxygen atoms in total. The van der Waals surface area contributed by atoms with Gasteiger partial charge in [-0.15, -0.1) is 0 Å². The van der Waals surface area contributed by atoms with Crippen molar-refractivity contribution in [1.82, 2.24) is 0 Å². The van der Waals surface area contributed by atoms with Crippen LogP contribution in [0.1, 0.15) is 23.0 Å². The van der Waals surface area contributed by atoms with Gasteiger partial charge in [-0.1, -0.05) is 15.9 Å². The number of ketones is 1. The normalized spacial score (nSPS) is 10.3. The maximum Gasteiger partial charge on any atom is 0.433 e. The quantitative estimate of drug-likeness (QED) is 0.472. The number of rotatable bonds is 5. The van der Waals surface area contributed by atoms with Gasteiger partial charge < -0.3 is 9.15 Å². The minimum atomic E-state index is -0.693. The monoisotopic (exact) mass is 339 g/mol. The Balaban J connectivity index is 2.41. The van der Waals surface area contributed by atoms with Gasteiger partial charge in [-0.25, -0.2) is 0 Å². The van der Waals surface area contributed by atoms with Crippen molar-refractivity contribution in [2.24, 2.45) is 0 Å². The summed E-state index contributed by atoms with van der Waals surface area (Å²) in [5.74, 6) is -0.639. The molecule has 0 unspecified atom stereocenters. The van der Waals surface area contributed by atoms with E-state index in [0.717, 1.165) is 6.07 Å². The van der Waals surface area contributed by atoms with E-state index in [1.54, 1.807) is 25.1 Å². The Hall–Kier alpha value is -2.15. The molecule has 0 aliphatic heterocycles. The van der Waals surface area contributed by atoms with Crippen molar-refractivity contribution in [2.45, 2.75) is 6.92 Å². The molecule has 0 aliphatic carbocycles. The minimum Gasteiger partial charge on any atom is -0.493 e. The third-order valence-corrected chi connectivity index (χ3v) is 2.97. The lowest BCUT2D eigenvalue weighted by Crippen LogP contribution is -2.04. The van der Waals surface area contributed by atoms with E-state index in [1.807, 2.05) is 0 Å². The van der Waals surface area contributed by atoms with Crippen molar-refractivity contribution >= 4 is 27.6 Å². The number of carbonyl (C=O) groups is 1. The van der Waals surface area contributed by atoms with Gasteiger partial charge in [0.2, 0.25) is 5.78 Å². The van der Waals surface area contributed by atoms with Gasteiger partial charge in [0.25, 0.3) is 0 Å². The number of halogens is 1. The first kappa shape index (κ1) is 14.3. The molecule has 0 bridgehead atoms. The van der Waals surface area contributed by atoms with E-state index in [2.05, 4.69) is 15.9 Å². The standard InChI is InChI=1S/C13H10BrNO5/c1-2-19-10-4-3-8(14)7-9(10)13(16)11-5-6-12(20-11)15(17)18/h3-7H,2H2,1H3. The Morgan fingerprint density at radius 3 is 2.75 bits per heavy atom. The molecule has 2 aromatic rings. The number of ether oxygens (including phenoxy) is 1. The van der Waals surface area contributed by atoms with Crippen molar-refractivity contribution in [3.8, 4) is 5.75 Å². The first-order chi connectivity index (χ1) is 9.52. The summed E-state index contributed by atoms with van der Waals surface area (Å²) < 4.78 is 11.0. The molecule has 0 saturated carbocycles. The van der Waals surface area contributed by atoms with Crippen LogP contribution in [0.4, 0.5) is 5.88 Å². The van der Waals surface area contributed by atoms with Crippen LogP contribution < -0.4 is 4.74 Å². The molecule has 0 fully saturated rings. The molecule has 0 aliphatic rings. The van der Waals surface area contributed by atoms with Crippen molar-refractivity contribution < 1.29 is 18.9 Å². The predicted octanol–water partition coefficient (Wildman–Crippen LogP) is 3.58. The Bertz CT molecular complexity index is 665. The molecule has 0 amide bonds. The second-order valence-electron chi connectivity index (χ2n) is 3.80. The summed E-state index contributed by atoms with van der Waals surface area (Å²) in [6.45, 7) is 2.20. The fraction of sp³-hybridized carbons (Fsp3) is 0.154. The van der Waals surface area contributed by atoms with Crippen LogP contribution >= 0.6 is 15.9 Å². The third-order valence-electron chi connectivity index (χ3n) is 2.48. The summed E-state index contributed by atoms with van der Waals surface area (Å²) in [7, 11) is 0. The largest absolute Gasteiger partial charge is 0.493 e. The second kappa shape index (κ2) is 5.87. The zero-order valence-corrected chi connectivity index (χ0v) is 12.0. The van der Waals surface area contributed by atoms with Gasteiger partial charge in [0.05, 0.1) is 18.2 Å². The van der Waals surface area contributed by atoms with E-state index in [1.165, 1.54) is 6.07 Å². The number of nitrogens with zero attached hydrogens (tertiary/aromatic N) is 1. The second-order valence-corrected chi connectivity index (χ2v) is 4.71. The maximum absolute atomic E-state index is 12.3. The Morgan fingerprint density at radius 2 is 2.15 bits per heavy atom. The molecule has 0 saturated heterocycles. The molecule has 7 heteroatoms. The molecule has 20 heavy (non-hydrogen) atoms. The number of furan rings is 1. The number of hydrogen-bond acceptors (Lipinski definition) is 5. The lowest BCUT2D eigenvalue weighted by molar-refractivity contribution is -0.402. The molecule has 104 valence electrons. The summed E-state index contributed by atoms with van der Waals surface area (Å²) in [6.07, 6.45) is 0. The SMILES string of the molecule is CCOc1ccc(Br)cc1C(=O)c1ccc([N+](=O)[O-])o1. The highest BCUT2D eigenvalue weighted by Crippen LogP contribution is 2.27. The maximum atomic E-state index is 12.3. The molecule has 0 radical (unpaired) electrons. The molecule has 1 aromatic heterocycles. The van der Waals surface area contributed by atoms with Crippen molar-refractivity contribution in [1.29, 1.82) is 0 Å². The van der Waals surface area contributed by atoms with Crippen molar-refractivity contribution in [2.75, 3.05) is 6.61 Å². The van der Waals surface area contributed by atoms with E-state index in [9.17, 15) is 14.9 Å². The van der Waals surface area contributed by atoms with E-state index < -0.39 is 16.6 Å². The molecule has 1 aromatic carbocycles. The van der Waals surface area contributed by atoms with Crippen LogP contribution in [0.15, 0.2) is 39.2 Å². The van der Waals surface area contributed by atoms with Gasteiger partial charge in [-0.2, -0.15) is 0 Å². The van der Waals surface area contributed by atoms with Crippen molar-refractivity contribution in [3.63, 3.8) is 0 Å². The highest BCUT2D eigenvalue weighted by Gasteiger charge is 2.21. The predicted molar refractivity (Wildman–Crippen MR) is 74.1 cm³/mol. The van der Waals surface area contributed by atoms with E-state index in [-0.39, 0.29) is 11.3 Å². The molecular formula is C13H10BrNO5. The number of benzene rings is 1. The fourth-order valence-corrected chi connectivity index (χ4v) is 2.00. The lowest BCUT2D eigenvalue weighted by Gasteiger charge is -2.08. The van der Waals surface area contributed by atoms with Gasteiger partial charge in [0.15, 0.2) is 5.76 Å². The lowest BCUT2D eigenvalue weighted by atomic mass is 10.1. The smallest absolute Gasteiger partial charge is 0.433 e. The van der Waals surface area contributed by atoms with Gasteiger partial charge in [-0.3, -0.25) is 14.9 Å². The third kappa shape index (κ3) is 2.88. The molecular weight excluding hydrogens is 330 g/mol.